The van der Waals surface area contributed by atoms with E-state index in [4.69, 9.17) is 4.74 Å². The molecule has 1 aromatic heterocycles. The molecule has 0 bridgehead atoms. The van der Waals surface area contributed by atoms with Crippen molar-refractivity contribution in [3.8, 4) is 0 Å². The van der Waals surface area contributed by atoms with Crippen LogP contribution in [0.2, 0.25) is 0 Å². The number of halogens is 1. The monoisotopic (exact) mass is 208 g/mol. The Kier molecular flexibility index (Phi) is 2.97. The topological polar surface area (TPSA) is 34.1 Å². The van der Waals surface area contributed by atoms with Crippen LogP contribution >= 0.6 is 0 Å². The third-order valence-electron chi connectivity index (χ3n) is 2.45. The van der Waals surface area contributed by atoms with Crippen molar-refractivity contribution >= 4 is 5.82 Å². The fraction of sp³-hybridized carbons (Fsp3) is 0.364. The molecule has 1 saturated heterocycles. The number of hydrogen-bond donors (Lipinski definition) is 1. The molecule has 2 atom stereocenters. The Balaban J connectivity index is 2.08. The van der Waals surface area contributed by atoms with Crippen molar-refractivity contribution in [3.05, 3.63) is 36.8 Å². The van der Waals surface area contributed by atoms with Gasteiger partial charge in [-0.1, -0.05) is 6.08 Å². The Morgan fingerprint density at radius 3 is 3.27 bits per heavy atom. The molecule has 0 aromatic carbocycles. The minimum atomic E-state index is -0.341. The van der Waals surface area contributed by atoms with Crippen LogP contribution in [0.3, 0.4) is 0 Å². The Labute approximate surface area is 88.0 Å². The van der Waals surface area contributed by atoms with Gasteiger partial charge in [-0.25, -0.2) is 9.37 Å². The van der Waals surface area contributed by atoms with Gasteiger partial charge in [0.05, 0.1) is 12.1 Å². The number of aromatic nitrogens is 1. The highest BCUT2D eigenvalue weighted by molar-refractivity contribution is 5.37. The minimum Gasteiger partial charge on any atom is -0.372 e. The molecule has 1 fully saturated rings. The first kappa shape index (κ1) is 10.1. The summed E-state index contributed by atoms with van der Waals surface area (Å²) in [5.74, 6) is -0.0629. The van der Waals surface area contributed by atoms with Crippen LogP contribution in [0.15, 0.2) is 31.0 Å². The van der Waals surface area contributed by atoms with E-state index in [0.717, 1.165) is 6.42 Å². The summed E-state index contributed by atoms with van der Waals surface area (Å²) in [5, 5.41) is 3.03. The normalized spacial score (nSPS) is 25.1. The first-order valence-electron chi connectivity index (χ1n) is 4.92. The molecule has 1 aliphatic heterocycles. The van der Waals surface area contributed by atoms with Crippen LogP contribution in [0.25, 0.3) is 0 Å². The molecule has 0 unspecified atom stereocenters. The Hall–Kier alpha value is -1.42. The molecule has 0 aliphatic carbocycles. The quantitative estimate of drug-likeness (QED) is 0.771. The number of anilines is 1. The first-order chi connectivity index (χ1) is 7.31. The van der Waals surface area contributed by atoms with E-state index in [-0.39, 0.29) is 23.8 Å². The van der Waals surface area contributed by atoms with Crippen LogP contribution in [-0.4, -0.2) is 23.7 Å². The molecule has 3 nitrogen and oxygen atoms in total. The van der Waals surface area contributed by atoms with E-state index < -0.39 is 0 Å². The van der Waals surface area contributed by atoms with Gasteiger partial charge >= 0.3 is 0 Å². The van der Waals surface area contributed by atoms with E-state index in [1.165, 1.54) is 6.07 Å². The van der Waals surface area contributed by atoms with Crippen LogP contribution in [0, 0.1) is 5.82 Å². The number of pyridine rings is 1. The lowest BCUT2D eigenvalue weighted by molar-refractivity contribution is 0.142. The SMILES string of the molecule is C=C[C@@H]1OCC[C@H]1Nc1ncccc1F. The smallest absolute Gasteiger partial charge is 0.165 e. The summed E-state index contributed by atoms with van der Waals surface area (Å²) in [5.41, 5.74) is 0. The van der Waals surface area contributed by atoms with Crippen molar-refractivity contribution in [3.63, 3.8) is 0 Å². The van der Waals surface area contributed by atoms with Crippen molar-refractivity contribution in [2.45, 2.75) is 18.6 Å². The number of nitrogens with one attached hydrogen (secondary N) is 1. The predicted molar refractivity (Wildman–Crippen MR) is 56.2 cm³/mol. The van der Waals surface area contributed by atoms with Gasteiger partial charge in [-0.3, -0.25) is 0 Å². The van der Waals surface area contributed by atoms with Crippen LogP contribution in [0.1, 0.15) is 6.42 Å². The van der Waals surface area contributed by atoms with E-state index in [2.05, 4.69) is 16.9 Å². The van der Waals surface area contributed by atoms with Crippen LogP contribution < -0.4 is 5.32 Å². The summed E-state index contributed by atoms with van der Waals surface area (Å²) in [7, 11) is 0. The number of rotatable bonds is 3. The van der Waals surface area contributed by atoms with Crippen molar-refractivity contribution < 1.29 is 9.13 Å². The van der Waals surface area contributed by atoms with E-state index in [0.29, 0.717) is 6.61 Å². The summed E-state index contributed by atoms with van der Waals surface area (Å²) in [4.78, 5) is 3.93. The largest absolute Gasteiger partial charge is 0.372 e. The van der Waals surface area contributed by atoms with Gasteiger partial charge in [-0.2, -0.15) is 0 Å². The van der Waals surface area contributed by atoms with E-state index in [1.54, 1.807) is 18.3 Å². The molecule has 0 spiro atoms. The molecule has 2 heterocycles. The van der Waals surface area contributed by atoms with Crippen molar-refractivity contribution in [1.82, 2.24) is 4.98 Å². The Bertz CT molecular complexity index is 356. The number of hydrogen-bond acceptors (Lipinski definition) is 3. The highest BCUT2D eigenvalue weighted by atomic mass is 19.1. The lowest BCUT2D eigenvalue weighted by Crippen LogP contribution is -2.28. The molecule has 2 rings (SSSR count). The van der Waals surface area contributed by atoms with Gasteiger partial charge in [0.2, 0.25) is 0 Å². The minimum absolute atomic E-state index is 0.0619. The Morgan fingerprint density at radius 1 is 1.67 bits per heavy atom. The molecule has 1 N–H and O–H groups in total. The molecule has 1 aromatic rings. The second kappa shape index (κ2) is 4.40. The second-order valence-electron chi connectivity index (χ2n) is 3.44. The zero-order chi connectivity index (χ0) is 10.7. The zero-order valence-electron chi connectivity index (χ0n) is 8.32. The number of nitrogens with zero attached hydrogens (tertiary/aromatic N) is 1. The highest BCUT2D eigenvalue weighted by Crippen LogP contribution is 2.19. The molecule has 0 amide bonds. The van der Waals surface area contributed by atoms with Gasteiger partial charge in [0.25, 0.3) is 0 Å². The van der Waals surface area contributed by atoms with Crippen molar-refractivity contribution in [2.75, 3.05) is 11.9 Å². The molecular weight excluding hydrogens is 195 g/mol. The maximum atomic E-state index is 13.3. The third-order valence-corrected chi connectivity index (χ3v) is 2.45. The lowest BCUT2D eigenvalue weighted by Gasteiger charge is -2.17. The summed E-state index contributed by atoms with van der Waals surface area (Å²) in [6.07, 6.45) is 4.06. The van der Waals surface area contributed by atoms with Gasteiger partial charge < -0.3 is 10.1 Å². The standard InChI is InChI=1S/C11H13FN2O/c1-2-10-9(5-7-15-10)14-11-8(12)4-3-6-13-11/h2-4,6,9-10H,1,5,7H2,(H,13,14)/t9-,10+/m1/s1. The zero-order valence-corrected chi connectivity index (χ0v) is 8.32. The maximum absolute atomic E-state index is 13.3. The molecule has 15 heavy (non-hydrogen) atoms. The van der Waals surface area contributed by atoms with E-state index in [9.17, 15) is 4.39 Å². The fourth-order valence-electron chi connectivity index (χ4n) is 1.67. The summed E-state index contributed by atoms with van der Waals surface area (Å²) in [6.45, 7) is 4.35. The molecule has 4 heteroatoms. The number of ether oxygens (including phenoxy) is 1. The van der Waals surface area contributed by atoms with Crippen molar-refractivity contribution in [1.29, 1.82) is 0 Å². The first-order valence-corrected chi connectivity index (χ1v) is 4.92. The average Bonchev–Trinajstić information content (AvgIpc) is 2.69. The average molecular weight is 208 g/mol. The summed E-state index contributed by atoms with van der Waals surface area (Å²) >= 11 is 0. The molecule has 80 valence electrons. The molecule has 0 radical (unpaired) electrons. The fourth-order valence-corrected chi connectivity index (χ4v) is 1.67. The van der Waals surface area contributed by atoms with Gasteiger partial charge in [0, 0.05) is 12.8 Å². The molecule has 1 aliphatic rings. The predicted octanol–water partition coefficient (Wildman–Crippen LogP) is 1.98. The van der Waals surface area contributed by atoms with Crippen molar-refractivity contribution in [2.24, 2.45) is 0 Å². The van der Waals surface area contributed by atoms with E-state index >= 15 is 0 Å². The lowest BCUT2D eigenvalue weighted by atomic mass is 10.1. The van der Waals surface area contributed by atoms with Gasteiger partial charge in [-0.15, -0.1) is 6.58 Å². The Morgan fingerprint density at radius 2 is 2.53 bits per heavy atom. The molecule has 0 saturated carbocycles. The third kappa shape index (κ3) is 2.15. The van der Waals surface area contributed by atoms with Crippen LogP contribution in [-0.2, 0) is 4.74 Å². The summed E-state index contributed by atoms with van der Waals surface area (Å²) in [6, 6.07) is 3.01. The summed E-state index contributed by atoms with van der Waals surface area (Å²) < 4.78 is 18.7. The van der Waals surface area contributed by atoms with Crippen LogP contribution in [0.5, 0.6) is 0 Å². The molecular formula is C11H13FN2O. The van der Waals surface area contributed by atoms with E-state index in [1.807, 2.05) is 0 Å². The van der Waals surface area contributed by atoms with Gasteiger partial charge in [-0.05, 0) is 18.6 Å². The second-order valence-corrected chi connectivity index (χ2v) is 3.44. The van der Waals surface area contributed by atoms with Gasteiger partial charge in [0.1, 0.15) is 0 Å². The van der Waals surface area contributed by atoms with Crippen LogP contribution in [0.4, 0.5) is 10.2 Å². The highest BCUT2D eigenvalue weighted by Gasteiger charge is 2.26. The van der Waals surface area contributed by atoms with Gasteiger partial charge in [0.15, 0.2) is 11.6 Å². The maximum Gasteiger partial charge on any atom is 0.165 e.